The van der Waals surface area contributed by atoms with Gasteiger partial charge in [0.05, 0.1) is 22.4 Å². The molecular formula is C27H35N5O3S2. The maximum absolute atomic E-state index is 13.2. The molecule has 1 fully saturated rings. The fourth-order valence-corrected chi connectivity index (χ4v) is 5.48. The first-order chi connectivity index (χ1) is 17.6. The van der Waals surface area contributed by atoms with Crippen LogP contribution in [0.5, 0.6) is 0 Å². The minimum atomic E-state index is -0.369. The number of piperidine rings is 1. The van der Waals surface area contributed by atoms with Gasteiger partial charge >= 0.3 is 0 Å². The van der Waals surface area contributed by atoms with Crippen molar-refractivity contribution in [2.75, 3.05) is 18.4 Å². The molecular weight excluding hydrogens is 506 g/mol. The molecule has 0 radical (unpaired) electrons. The molecule has 1 aliphatic heterocycles. The van der Waals surface area contributed by atoms with E-state index in [1.165, 1.54) is 0 Å². The highest BCUT2D eigenvalue weighted by Gasteiger charge is 2.26. The molecule has 2 amide bonds. The predicted octanol–water partition coefficient (Wildman–Crippen LogP) is 5.44. The molecule has 37 heavy (non-hydrogen) atoms. The van der Waals surface area contributed by atoms with Gasteiger partial charge in [-0.1, -0.05) is 57.4 Å². The van der Waals surface area contributed by atoms with Crippen molar-refractivity contribution >= 4 is 40.0 Å². The molecule has 2 aromatic heterocycles. The van der Waals surface area contributed by atoms with E-state index in [-0.39, 0.29) is 23.3 Å². The second kappa shape index (κ2) is 12.9. The van der Waals surface area contributed by atoms with Crippen LogP contribution < -0.4 is 10.6 Å². The van der Waals surface area contributed by atoms with E-state index in [0.29, 0.717) is 36.0 Å². The number of oxazole rings is 1. The Morgan fingerprint density at radius 3 is 2.78 bits per heavy atom. The van der Waals surface area contributed by atoms with Crippen LogP contribution >= 0.6 is 23.1 Å². The third-order valence-electron chi connectivity index (χ3n) is 5.54. The zero-order valence-electron chi connectivity index (χ0n) is 21.9. The fraction of sp³-hybridized carbons (Fsp3) is 0.407. The summed E-state index contributed by atoms with van der Waals surface area (Å²) in [5, 5.41) is 6.90. The lowest BCUT2D eigenvalue weighted by atomic mass is 9.94. The van der Waals surface area contributed by atoms with Crippen LogP contribution in [0.25, 0.3) is 0 Å². The average Bonchev–Trinajstić information content (AvgIpc) is 3.51. The summed E-state index contributed by atoms with van der Waals surface area (Å²) in [7, 11) is 0. The van der Waals surface area contributed by atoms with Crippen molar-refractivity contribution in [1.82, 2.24) is 20.2 Å². The van der Waals surface area contributed by atoms with Gasteiger partial charge in [0.15, 0.2) is 5.13 Å². The van der Waals surface area contributed by atoms with Gasteiger partial charge < -0.3 is 20.0 Å². The Morgan fingerprint density at radius 2 is 2.11 bits per heavy atom. The van der Waals surface area contributed by atoms with Gasteiger partial charge in [0, 0.05) is 35.8 Å². The maximum atomic E-state index is 13.2. The summed E-state index contributed by atoms with van der Waals surface area (Å²) in [5.74, 6) is 1.75. The quantitative estimate of drug-likeness (QED) is 0.235. The molecule has 2 N–H and O–H groups in total. The SMILES string of the molecule is C=CC(=O)NC(=C)/C=C(\C=C/C)C(=O)N1CCCC(Nc2ncc(SCc3ncc(C(C)(C)C)o3)s2)C1. The van der Waals surface area contributed by atoms with Crippen molar-refractivity contribution < 1.29 is 14.0 Å². The van der Waals surface area contributed by atoms with Crippen LogP contribution in [0.3, 0.4) is 0 Å². The van der Waals surface area contributed by atoms with Gasteiger partial charge in [-0.25, -0.2) is 9.97 Å². The van der Waals surface area contributed by atoms with Crippen molar-refractivity contribution in [2.45, 2.75) is 62.0 Å². The van der Waals surface area contributed by atoms with Crippen molar-refractivity contribution in [3.05, 3.63) is 72.8 Å². The summed E-state index contributed by atoms with van der Waals surface area (Å²) in [6.45, 7) is 16.6. The second-order valence-electron chi connectivity index (χ2n) is 9.69. The average molecular weight is 542 g/mol. The monoisotopic (exact) mass is 541 g/mol. The number of carbonyl (C=O) groups excluding carboxylic acids is 2. The Kier molecular flexibility index (Phi) is 9.93. The molecule has 1 aliphatic rings. The van der Waals surface area contributed by atoms with Gasteiger partial charge in [0.2, 0.25) is 11.8 Å². The first kappa shape index (κ1) is 28.5. The molecule has 8 nitrogen and oxygen atoms in total. The standard InChI is InChI=1S/C27H35N5O3S2/c1-7-10-19(13-18(3)30-22(33)8-2)25(34)32-12-9-11-20(16-32)31-26-29-15-24(37-26)36-17-23-28-14-21(35-23)27(4,5)6/h7-8,10,13-15,20H,2-3,9,11-12,16-17H2,1,4-6H3,(H,29,31)(H,30,33)/b10-7-,19-13+. The first-order valence-corrected chi connectivity index (χ1v) is 14.0. The van der Waals surface area contributed by atoms with Crippen molar-refractivity contribution in [3.63, 3.8) is 0 Å². The number of nitrogens with one attached hydrogen (secondary N) is 2. The number of thiazole rings is 1. The summed E-state index contributed by atoms with van der Waals surface area (Å²) in [6, 6.07) is 0.0957. The van der Waals surface area contributed by atoms with Crippen molar-refractivity contribution in [1.29, 1.82) is 0 Å². The van der Waals surface area contributed by atoms with E-state index in [0.717, 1.165) is 34.0 Å². The summed E-state index contributed by atoms with van der Waals surface area (Å²) in [4.78, 5) is 35.5. The van der Waals surface area contributed by atoms with Crippen LogP contribution in [0.2, 0.25) is 0 Å². The van der Waals surface area contributed by atoms with Gasteiger partial charge in [-0.3, -0.25) is 9.59 Å². The molecule has 1 unspecified atom stereocenters. The zero-order chi connectivity index (χ0) is 27.0. The minimum Gasteiger partial charge on any atom is -0.444 e. The van der Waals surface area contributed by atoms with Gasteiger partial charge in [-0.2, -0.15) is 0 Å². The summed E-state index contributed by atoms with van der Waals surface area (Å²) >= 11 is 3.23. The Balaban J connectivity index is 1.57. The number of anilines is 1. The molecule has 0 spiro atoms. The Hall–Kier alpha value is -3.11. The van der Waals surface area contributed by atoms with E-state index < -0.39 is 0 Å². The molecule has 1 saturated heterocycles. The lowest BCUT2D eigenvalue weighted by Gasteiger charge is -2.33. The Morgan fingerprint density at radius 1 is 1.32 bits per heavy atom. The molecule has 0 aliphatic carbocycles. The summed E-state index contributed by atoms with van der Waals surface area (Å²) in [6.07, 6.45) is 11.8. The smallest absolute Gasteiger partial charge is 0.253 e. The third kappa shape index (κ3) is 8.46. The number of amides is 2. The molecule has 0 aromatic carbocycles. The number of carbonyl (C=O) groups is 2. The first-order valence-electron chi connectivity index (χ1n) is 12.2. The third-order valence-corrected chi connectivity index (χ3v) is 7.65. The largest absolute Gasteiger partial charge is 0.444 e. The van der Waals surface area contributed by atoms with E-state index in [2.05, 4.69) is 54.5 Å². The molecule has 0 bridgehead atoms. The Labute approximate surface area is 227 Å². The number of aromatic nitrogens is 2. The molecule has 3 rings (SSSR count). The highest BCUT2D eigenvalue weighted by molar-refractivity contribution is 8.00. The van der Waals surface area contributed by atoms with Gasteiger partial charge in [0.1, 0.15) is 5.76 Å². The van der Waals surface area contributed by atoms with Crippen LogP contribution in [0.15, 0.2) is 69.8 Å². The van der Waals surface area contributed by atoms with Gasteiger partial charge in [-0.15, -0.1) is 11.8 Å². The number of hydrogen-bond donors (Lipinski definition) is 2. The lowest BCUT2D eigenvalue weighted by Crippen LogP contribution is -2.45. The van der Waals surface area contributed by atoms with Gasteiger partial charge in [0.25, 0.3) is 5.91 Å². The number of likely N-dealkylation sites (tertiary alicyclic amines) is 1. The minimum absolute atomic E-state index is 0.0639. The number of hydrogen-bond acceptors (Lipinski definition) is 8. The summed E-state index contributed by atoms with van der Waals surface area (Å²) < 4.78 is 6.95. The van der Waals surface area contributed by atoms with Crippen molar-refractivity contribution in [3.8, 4) is 0 Å². The van der Waals surface area contributed by atoms with Crippen LogP contribution in [0.1, 0.15) is 52.2 Å². The normalized spacial score (nSPS) is 16.6. The molecule has 198 valence electrons. The topological polar surface area (TPSA) is 100 Å². The number of nitrogens with zero attached hydrogens (tertiary/aromatic N) is 3. The van der Waals surface area contributed by atoms with Crippen LogP contribution in [0.4, 0.5) is 5.13 Å². The van der Waals surface area contributed by atoms with Crippen LogP contribution in [-0.2, 0) is 20.8 Å². The predicted molar refractivity (Wildman–Crippen MR) is 150 cm³/mol. The van der Waals surface area contributed by atoms with Crippen LogP contribution in [0, 0.1) is 0 Å². The molecule has 1 atom stereocenters. The Bertz CT molecular complexity index is 1190. The van der Waals surface area contributed by atoms with E-state index in [1.807, 2.05) is 18.0 Å². The highest BCUT2D eigenvalue weighted by atomic mass is 32.2. The summed E-state index contributed by atoms with van der Waals surface area (Å²) in [5.41, 5.74) is 0.739. The number of thioether (sulfide) groups is 1. The molecule has 3 heterocycles. The number of rotatable bonds is 10. The van der Waals surface area contributed by atoms with Crippen LogP contribution in [-0.4, -0.2) is 45.8 Å². The van der Waals surface area contributed by atoms with E-state index >= 15 is 0 Å². The lowest BCUT2D eigenvalue weighted by molar-refractivity contribution is -0.127. The number of allylic oxidation sites excluding steroid dienone is 2. The molecule has 10 heteroatoms. The maximum Gasteiger partial charge on any atom is 0.253 e. The molecule has 2 aromatic rings. The fourth-order valence-electron chi connectivity index (χ4n) is 3.68. The van der Waals surface area contributed by atoms with E-state index in [4.69, 9.17) is 4.42 Å². The van der Waals surface area contributed by atoms with Gasteiger partial charge in [-0.05, 0) is 31.9 Å². The molecule has 0 saturated carbocycles. The van der Waals surface area contributed by atoms with E-state index in [1.54, 1.807) is 47.5 Å². The highest BCUT2D eigenvalue weighted by Crippen LogP contribution is 2.32. The van der Waals surface area contributed by atoms with Crippen molar-refractivity contribution in [2.24, 2.45) is 0 Å². The zero-order valence-corrected chi connectivity index (χ0v) is 23.5. The van der Waals surface area contributed by atoms with E-state index in [9.17, 15) is 9.59 Å². The second-order valence-corrected chi connectivity index (χ2v) is 12.0.